The molecule has 2 rings (SSSR count). The fourth-order valence-electron chi connectivity index (χ4n) is 2.56. The largest absolute Gasteiger partial charge is 0.445 e. The molecule has 1 aliphatic heterocycles. The van der Waals surface area contributed by atoms with Crippen molar-refractivity contribution < 1.29 is 24.2 Å². The summed E-state index contributed by atoms with van der Waals surface area (Å²) in [6.07, 6.45) is -1.87. The Bertz CT molecular complexity index is 585. The third kappa shape index (κ3) is 5.94. The number of carbonyl (C=O) groups excluding carboxylic acids is 2. The highest BCUT2D eigenvalue weighted by Crippen LogP contribution is 2.19. The van der Waals surface area contributed by atoms with Gasteiger partial charge in [0.25, 0.3) is 0 Å². The van der Waals surface area contributed by atoms with E-state index in [9.17, 15) is 14.7 Å². The number of nitrogens with one attached hydrogen (secondary N) is 1. The van der Waals surface area contributed by atoms with E-state index >= 15 is 0 Å². The summed E-state index contributed by atoms with van der Waals surface area (Å²) in [5.74, 6) is 0. The molecule has 2 unspecified atom stereocenters. The van der Waals surface area contributed by atoms with Gasteiger partial charge in [0.1, 0.15) is 18.4 Å². The minimum absolute atomic E-state index is 0.113. The lowest BCUT2D eigenvalue weighted by molar-refractivity contribution is -0.0317. The third-order valence-corrected chi connectivity index (χ3v) is 3.71. The van der Waals surface area contributed by atoms with Gasteiger partial charge in [0.15, 0.2) is 0 Å². The maximum Gasteiger partial charge on any atom is 0.412 e. The minimum atomic E-state index is -0.870. The Morgan fingerprint density at radius 2 is 1.96 bits per heavy atom. The van der Waals surface area contributed by atoms with E-state index in [1.165, 1.54) is 4.90 Å². The van der Waals surface area contributed by atoms with Crippen LogP contribution >= 0.6 is 0 Å². The summed E-state index contributed by atoms with van der Waals surface area (Å²) in [5, 5.41) is 12.8. The van der Waals surface area contributed by atoms with Crippen LogP contribution in [0.5, 0.6) is 0 Å². The van der Waals surface area contributed by atoms with E-state index in [-0.39, 0.29) is 6.61 Å². The molecule has 0 aromatic heterocycles. The van der Waals surface area contributed by atoms with Crippen LogP contribution in [0.1, 0.15) is 39.2 Å². The van der Waals surface area contributed by atoms with Crippen molar-refractivity contribution in [2.75, 3.05) is 6.54 Å². The number of carbonyl (C=O) groups is 2. The number of benzene rings is 1. The quantitative estimate of drug-likeness (QED) is 0.875. The van der Waals surface area contributed by atoms with Gasteiger partial charge in [-0.3, -0.25) is 10.2 Å². The summed E-state index contributed by atoms with van der Waals surface area (Å²) in [4.78, 5) is 25.7. The van der Waals surface area contributed by atoms with Gasteiger partial charge < -0.3 is 14.6 Å². The van der Waals surface area contributed by atoms with Gasteiger partial charge in [0, 0.05) is 6.54 Å². The topological polar surface area (TPSA) is 88.1 Å². The first kappa shape index (κ1) is 19.1. The van der Waals surface area contributed by atoms with Gasteiger partial charge in [-0.05, 0) is 39.2 Å². The Kier molecular flexibility index (Phi) is 6.25. The summed E-state index contributed by atoms with van der Waals surface area (Å²) in [6.45, 7) is 5.81. The summed E-state index contributed by atoms with van der Waals surface area (Å²) >= 11 is 0. The number of ether oxygens (including phenoxy) is 2. The number of aliphatic hydroxyl groups excluding tert-OH is 1. The highest BCUT2D eigenvalue weighted by Gasteiger charge is 2.37. The number of hydrogen-bond donors (Lipinski definition) is 2. The average molecular weight is 350 g/mol. The van der Waals surface area contributed by atoms with Crippen molar-refractivity contribution in [1.82, 2.24) is 10.2 Å². The van der Waals surface area contributed by atoms with E-state index in [4.69, 9.17) is 9.47 Å². The summed E-state index contributed by atoms with van der Waals surface area (Å²) in [7, 11) is 0. The first-order chi connectivity index (χ1) is 11.8. The molecule has 138 valence electrons. The van der Waals surface area contributed by atoms with Crippen LogP contribution in [0.4, 0.5) is 9.59 Å². The molecule has 7 nitrogen and oxygen atoms in total. The Labute approximate surface area is 147 Å². The lowest BCUT2D eigenvalue weighted by Gasteiger charge is -2.39. The van der Waals surface area contributed by atoms with E-state index in [1.54, 1.807) is 20.8 Å². The molecule has 0 bridgehead atoms. The van der Waals surface area contributed by atoms with Crippen LogP contribution in [0, 0.1) is 0 Å². The monoisotopic (exact) mass is 350 g/mol. The molecule has 1 aromatic carbocycles. The molecule has 0 spiro atoms. The fourth-order valence-corrected chi connectivity index (χ4v) is 2.56. The maximum absolute atomic E-state index is 12.3. The molecule has 2 amide bonds. The average Bonchev–Trinajstić information content (AvgIpc) is 2.54. The first-order valence-electron chi connectivity index (χ1n) is 8.41. The van der Waals surface area contributed by atoms with Crippen LogP contribution in [-0.4, -0.2) is 46.6 Å². The van der Waals surface area contributed by atoms with Crippen LogP contribution in [0.15, 0.2) is 30.3 Å². The van der Waals surface area contributed by atoms with E-state index in [0.29, 0.717) is 19.4 Å². The number of aliphatic hydroxyl groups is 1. The van der Waals surface area contributed by atoms with Crippen molar-refractivity contribution in [1.29, 1.82) is 0 Å². The molecule has 1 heterocycles. The second-order valence-corrected chi connectivity index (χ2v) is 7.03. The van der Waals surface area contributed by atoms with Gasteiger partial charge in [-0.25, -0.2) is 9.59 Å². The molecule has 0 aliphatic carbocycles. The molecule has 25 heavy (non-hydrogen) atoms. The van der Waals surface area contributed by atoms with Crippen molar-refractivity contribution in [2.24, 2.45) is 0 Å². The lowest BCUT2D eigenvalue weighted by atomic mass is 10.1. The molecule has 2 N–H and O–H groups in total. The van der Waals surface area contributed by atoms with Crippen molar-refractivity contribution in [3.05, 3.63) is 35.9 Å². The Morgan fingerprint density at radius 1 is 1.28 bits per heavy atom. The summed E-state index contributed by atoms with van der Waals surface area (Å²) < 4.78 is 10.5. The third-order valence-electron chi connectivity index (χ3n) is 3.71. The molecule has 1 fully saturated rings. The van der Waals surface area contributed by atoms with Crippen LogP contribution in [0.25, 0.3) is 0 Å². The number of likely N-dealkylation sites (tertiary alicyclic amines) is 1. The standard InChI is InChI=1S/C18H26N2O5/c1-18(2,3)25-17(23)20-11-7-10-14(21)15(20)19-16(22)24-12-13-8-5-4-6-9-13/h4-6,8-9,14-15,21H,7,10-12H2,1-3H3,(H,19,22). The summed E-state index contributed by atoms with van der Waals surface area (Å²) in [6, 6.07) is 9.27. The number of hydrogen-bond acceptors (Lipinski definition) is 5. The van der Waals surface area contributed by atoms with Crippen molar-refractivity contribution in [3.8, 4) is 0 Å². The van der Waals surface area contributed by atoms with E-state index in [0.717, 1.165) is 5.56 Å². The number of amides is 2. The normalized spacial score (nSPS) is 20.7. The van der Waals surface area contributed by atoms with Gasteiger partial charge in [0.05, 0.1) is 6.10 Å². The first-order valence-corrected chi connectivity index (χ1v) is 8.41. The smallest absolute Gasteiger partial charge is 0.412 e. The van der Waals surface area contributed by atoms with Gasteiger partial charge in [-0.1, -0.05) is 30.3 Å². The van der Waals surface area contributed by atoms with Crippen molar-refractivity contribution >= 4 is 12.2 Å². The van der Waals surface area contributed by atoms with E-state index in [2.05, 4.69) is 5.32 Å². The number of nitrogens with zero attached hydrogens (tertiary/aromatic N) is 1. The highest BCUT2D eigenvalue weighted by molar-refractivity contribution is 5.71. The van der Waals surface area contributed by atoms with E-state index < -0.39 is 30.1 Å². The molecule has 1 aromatic rings. The molecule has 7 heteroatoms. The Hall–Kier alpha value is -2.28. The van der Waals surface area contributed by atoms with Gasteiger partial charge in [0.2, 0.25) is 0 Å². The number of alkyl carbamates (subject to hydrolysis) is 1. The van der Waals surface area contributed by atoms with Crippen LogP contribution < -0.4 is 5.32 Å². The highest BCUT2D eigenvalue weighted by atomic mass is 16.6. The fraction of sp³-hybridized carbons (Fsp3) is 0.556. The second-order valence-electron chi connectivity index (χ2n) is 7.03. The zero-order valence-corrected chi connectivity index (χ0v) is 14.9. The maximum atomic E-state index is 12.3. The zero-order chi connectivity index (χ0) is 18.4. The SMILES string of the molecule is CC(C)(C)OC(=O)N1CCCC(O)C1NC(=O)OCc1ccccc1. The van der Waals surface area contributed by atoms with E-state index in [1.807, 2.05) is 30.3 Å². The van der Waals surface area contributed by atoms with Crippen molar-refractivity contribution in [2.45, 2.75) is 58.1 Å². The van der Waals surface area contributed by atoms with Crippen LogP contribution in [-0.2, 0) is 16.1 Å². The minimum Gasteiger partial charge on any atom is -0.445 e. The molecule has 2 atom stereocenters. The summed E-state index contributed by atoms with van der Waals surface area (Å²) in [5.41, 5.74) is 0.198. The Morgan fingerprint density at radius 3 is 2.60 bits per heavy atom. The number of piperidine rings is 1. The predicted molar refractivity (Wildman–Crippen MR) is 91.7 cm³/mol. The second kappa shape index (κ2) is 8.20. The molecule has 0 saturated carbocycles. The Balaban J connectivity index is 1.95. The van der Waals surface area contributed by atoms with Crippen LogP contribution in [0.2, 0.25) is 0 Å². The molecular weight excluding hydrogens is 324 g/mol. The molecular formula is C18H26N2O5. The van der Waals surface area contributed by atoms with Gasteiger partial charge in [-0.15, -0.1) is 0 Å². The zero-order valence-electron chi connectivity index (χ0n) is 14.9. The molecule has 1 saturated heterocycles. The van der Waals surface area contributed by atoms with Crippen LogP contribution in [0.3, 0.4) is 0 Å². The van der Waals surface area contributed by atoms with Crippen molar-refractivity contribution in [3.63, 3.8) is 0 Å². The number of rotatable bonds is 3. The molecule has 1 aliphatic rings. The predicted octanol–water partition coefficient (Wildman–Crippen LogP) is 2.63. The lowest BCUT2D eigenvalue weighted by Crippen LogP contribution is -2.60. The van der Waals surface area contributed by atoms with Gasteiger partial charge in [-0.2, -0.15) is 0 Å². The molecule has 0 radical (unpaired) electrons. The van der Waals surface area contributed by atoms with Gasteiger partial charge >= 0.3 is 12.2 Å².